The summed E-state index contributed by atoms with van der Waals surface area (Å²) < 4.78 is 27.4. The van der Waals surface area contributed by atoms with E-state index in [4.69, 9.17) is 5.73 Å². The van der Waals surface area contributed by atoms with Crippen molar-refractivity contribution in [1.29, 1.82) is 0 Å². The molecule has 0 amide bonds. The second-order valence-corrected chi connectivity index (χ2v) is 7.04. The molecule has 0 aromatic heterocycles. The molecule has 5 nitrogen and oxygen atoms in total. The van der Waals surface area contributed by atoms with Crippen molar-refractivity contribution in [3.63, 3.8) is 0 Å². The smallest absolute Gasteiger partial charge is 0.240 e. The monoisotopic (exact) mass is 283 g/mol. The van der Waals surface area contributed by atoms with Gasteiger partial charge in [-0.1, -0.05) is 13.0 Å². The highest BCUT2D eigenvalue weighted by Gasteiger charge is 2.28. The minimum absolute atomic E-state index is 0.0115. The van der Waals surface area contributed by atoms with Crippen molar-refractivity contribution in [2.24, 2.45) is 5.92 Å². The Hall–Kier alpha value is -1.11. The first-order chi connectivity index (χ1) is 8.88. The minimum Gasteiger partial charge on any atom is -0.399 e. The number of piperidine rings is 1. The van der Waals surface area contributed by atoms with Gasteiger partial charge in [0.25, 0.3) is 0 Å². The largest absolute Gasteiger partial charge is 0.399 e. The fourth-order valence-electron chi connectivity index (χ4n) is 2.48. The van der Waals surface area contributed by atoms with Crippen LogP contribution in [-0.4, -0.2) is 39.5 Å². The number of likely N-dealkylation sites (tertiary alicyclic amines) is 1. The van der Waals surface area contributed by atoms with Gasteiger partial charge in [0.2, 0.25) is 10.0 Å². The molecule has 106 valence electrons. The predicted molar refractivity (Wildman–Crippen MR) is 76.2 cm³/mol. The molecule has 0 aliphatic carbocycles. The maximum atomic E-state index is 12.3. The lowest BCUT2D eigenvalue weighted by Gasteiger charge is -2.34. The molecule has 0 radical (unpaired) electrons. The molecule has 2 rings (SSSR count). The number of anilines is 1. The van der Waals surface area contributed by atoms with Crippen LogP contribution in [0.25, 0.3) is 0 Å². The molecule has 2 atom stereocenters. The number of sulfonamides is 1. The van der Waals surface area contributed by atoms with Crippen LogP contribution in [-0.2, 0) is 10.0 Å². The van der Waals surface area contributed by atoms with Crippen LogP contribution in [0.15, 0.2) is 29.2 Å². The molecule has 1 aliphatic heterocycles. The number of rotatable bonds is 3. The molecule has 2 unspecified atom stereocenters. The molecule has 6 heteroatoms. The second kappa shape index (κ2) is 5.48. The summed E-state index contributed by atoms with van der Waals surface area (Å²) in [7, 11) is -1.43. The van der Waals surface area contributed by atoms with Crippen molar-refractivity contribution < 1.29 is 8.42 Å². The van der Waals surface area contributed by atoms with Crippen LogP contribution in [0.1, 0.15) is 13.3 Å². The molecule has 1 fully saturated rings. The third kappa shape index (κ3) is 3.46. The molecule has 1 aliphatic rings. The summed E-state index contributed by atoms with van der Waals surface area (Å²) >= 11 is 0. The highest BCUT2D eigenvalue weighted by atomic mass is 32.2. The average molecular weight is 283 g/mol. The van der Waals surface area contributed by atoms with Crippen LogP contribution in [0.2, 0.25) is 0 Å². The Balaban J connectivity index is 2.13. The molecule has 0 saturated carbocycles. The van der Waals surface area contributed by atoms with Gasteiger partial charge in [0.1, 0.15) is 0 Å². The lowest BCUT2D eigenvalue weighted by Crippen LogP contribution is -2.48. The first kappa shape index (κ1) is 14.3. The van der Waals surface area contributed by atoms with E-state index in [1.165, 1.54) is 6.07 Å². The molecular weight excluding hydrogens is 262 g/mol. The standard InChI is InChI=1S/C13H21N3O2S/c1-10-9-16(2)7-6-13(10)15-19(17,18)12-5-3-4-11(14)8-12/h3-5,8,10,13,15H,6-7,9,14H2,1-2H3. The van der Waals surface area contributed by atoms with Gasteiger partial charge < -0.3 is 10.6 Å². The first-order valence-electron chi connectivity index (χ1n) is 6.45. The normalized spacial score (nSPS) is 25.4. The van der Waals surface area contributed by atoms with E-state index in [0.29, 0.717) is 11.6 Å². The molecule has 0 bridgehead atoms. The number of nitrogens with two attached hydrogens (primary N) is 1. The van der Waals surface area contributed by atoms with Gasteiger partial charge in [0.15, 0.2) is 0 Å². The van der Waals surface area contributed by atoms with Gasteiger partial charge in [-0.2, -0.15) is 0 Å². The van der Waals surface area contributed by atoms with E-state index in [1.54, 1.807) is 18.2 Å². The molecular formula is C13H21N3O2S. The fourth-order valence-corrected chi connectivity index (χ4v) is 3.91. The van der Waals surface area contributed by atoms with Crippen LogP contribution in [0.4, 0.5) is 5.69 Å². The number of nitrogen functional groups attached to an aromatic ring is 1. The molecule has 1 heterocycles. The molecule has 1 saturated heterocycles. The Labute approximate surface area is 114 Å². The number of hydrogen-bond acceptors (Lipinski definition) is 4. The van der Waals surface area contributed by atoms with Gasteiger partial charge in [0, 0.05) is 18.3 Å². The Morgan fingerprint density at radius 2 is 2.16 bits per heavy atom. The molecule has 0 spiro atoms. The van der Waals surface area contributed by atoms with Gasteiger partial charge in [-0.3, -0.25) is 0 Å². The maximum Gasteiger partial charge on any atom is 0.240 e. The van der Waals surface area contributed by atoms with Gasteiger partial charge >= 0.3 is 0 Å². The van der Waals surface area contributed by atoms with Crippen LogP contribution in [0.3, 0.4) is 0 Å². The van der Waals surface area contributed by atoms with Crippen molar-refractivity contribution in [2.45, 2.75) is 24.3 Å². The van der Waals surface area contributed by atoms with E-state index in [-0.39, 0.29) is 10.9 Å². The SMILES string of the molecule is CC1CN(C)CCC1NS(=O)(=O)c1cccc(N)c1. The lowest BCUT2D eigenvalue weighted by molar-refractivity contribution is 0.188. The number of nitrogens with one attached hydrogen (secondary N) is 1. The molecule has 19 heavy (non-hydrogen) atoms. The zero-order valence-corrected chi connectivity index (χ0v) is 12.2. The Morgan fingerprint density at radius 1 is 1.42 bits per heavy atom. The highest BCUT2D eigenvalue weighted by molar-refractivity contribution is 7.89. The van der Waals surface area contributed by atoms with E-state index < -0.39 is 10.0 Å². The summed E-state index contributed by atoms with van der Waals surface area (Å²) in [5, 5.41) is 0. The van der Waals surface area contributed by atoms with Crippen LogP contribution in [0, 0.1) is 5.92 Å². The second-order valence-electron chi connectivity index (χ2n) is 5.33. The minimum atomic E-state index is -3.48. The van der Waals surface area contributed by atoms with Gasteiger partial charge in [-0.15, -0.1) is 0 Å². The van der Waals surface area contributed by atoms with Crippen LogP contribution >= 0.6 is 0 Å². The maximum absolute atomic E-state index is 12.3. The van der Waals surface area contributed by atoms with E-state index in [9.17, 15) is 8.42 Å². The zero-order chi connectivity index (χ0) is 14.0. The van der Waals surface area contributed by atoms with Crippen molar-refractivity contribution in [2.75, 3.05) is 25.9 Å². The third-order valence-corrected chi connectivity index (χ3v) is 5.07. The number of hydrogen-bond donors (Lipinski definition) is 2. The Morgan fingerprint density at radius 3 is 2.79 bits per heavy atom. The molecule has 3 N–H and O–H groups in total. The Kier molecular flexibility index (Phi) is 4.13. The summed E-state index contributed by atoms with van der Waals surface area (Å²) in [5.74, 6) is 0.301. The van der Waals surface area contributed by atoms with Gasteiger partial charge in [0.05, 0.1) is 4.90 Å². The van der Waals surface area contributed by atoms with E-state index in [2.05, 4.69) is 23.6 Å². The van der Waals surface area contributed by atoms with E-state index in [0.717, 1.165) is 19.5 Å². The summed E-state index contributed by atoms with van der Waals surface area (Å²) in [5.41, 5.74) is 6.09. The lowest BCUT2D eigenvalue weighted by atomic mass is 9.95. The molecule has 1 aromatic rings. The van der Waals surface area contributed by atoms with Crippen molar-refractivity contribution in [3.8, 4) is 0 Å². The van der Waals surface area contributed by atoms with Crippen molar-refractivity contribution in [1.82, 2.24) is 9.62 Å². The zero-order valence-electron chi connectivity index (χ0n) is 11.3. The fraction of sp³-hybridized carbons (Fsp3) is 0.538. The van der Waals surface area contributed by atoms with Gasteiger partial charge in [-0.05, 0) is 44.1 Å². The van der Waals surface area contributed by atoms with E-state index >= 15 is 0 Å². The van der Waals surface area contributed by atoms with E-state index in [1.807, 2.05) is 0 Å². The van der Waals surface area contributed by atoms with Crippen molar-refractivity contribution in [3.05, 3.63) is 24.3 Å². The van der Waals surface area contributed by atoms with Gasteiger partial charge in [-0.25, -0.2) is 13.1 Å². The third-order valence-electron chi connectivity index (χ3n) is 3.58. The highest BCUT2D eigenvalue weighted by Crippen LogP contribution is 2.19. The Bertz CT molecular complexity index is 545. The summed E-state index contributed by atoms with van der Waals surface area (Å²) in [6.45, 7) is 3.89. The van der Waals surface area contributed by atoms with Crippen LogP contribution in [0.5, 0.6) is 0 Å². The number of benzene rings is 1. The molecule has 1 aromatic carbocycles. The predicted octanol–water partition coefficient (Wildman–Crippen LogP) is 0.887. The topological polar surface area (TPSA) is 75.4 Å². The van der Waals surface area contributed by atoms with Crippen LogP contribution < -0.4 is 10.5 Å². The summed E-state index contributed by atoms with van der Waals surface area (Å²) in [4.78, 5) is 2.45. The average Bonchev–Trinajstić information content (AvgIpc) is 2.33. The van der Waals surface area contributed by atoms with Crippen molar-refractivity contribution >= 4 is 15.7 Å². The number of nitrogens with zero attached hydrogens (tertiary/aromatic N) is 1. The summed E-state index contributed by atoms with van der Waals surface area (Å²) in [6.07, 6.45) is 0.833. The first-order valence-corrected chi connectivity index (χ1v) is 7.93. The summed E-state index contributed by atoms with van der Waals surface area (Å²) in [6, 6.07) is 6.38. The quantitative estimate of drug-likeness (QED) is 0.808.